The van der Waals surface area contributed by atoms with Crippen LogP contribution in [0.3, 0.4) is 0 Å². The largest absolute Gasteiger partial charge is 0.458 e. The second-order valence-electron chi connectivity index (χ2n) is 4.64. The Bertz CT molecular complexity index is 718. The number of aliphatic hydroxyl groups is 1. The monoisotopic (exact) mass is 290 g/mol. The normalized spacial score (nSPS) is 12.8. The van der Waals surface area contributed by atoms with Crippen molar-refractivity contribution in [3.8, 4) is 0 Å². The summed E-state index contributed by atoms with van der Waals surface area (Å²) < 4.78 is 19.2. The molecule has 102 valence electrons. The van der Waals surface area contributed by atoms with Crippen molar-refractivity contribution in [1.29, 1.82) is 0 Å². The van der Waals surface area contributed by atoms with Crippen LogP contribution in [-0.4, -0.2) is 5.11 Å². The molecule has 2 nitrogen and oxygen atoms in total. The van der Waals surface area contributed by atoms with Crippen LogP contribution in [0, 0.1) is 5.82 Å². The molecule has 20 heavy (non-hydrogen) atoms. The third kappa shape index (κ3) is 2.55. The maximum absolute atomic E-state index is 13.6. The Kier molecular flexibility index (Phi) is 3.47. The van der Waals surface area contributed by atoms with Gasteiger partial charge in [-0.1, -0.05) is 29.8 Å². The summed E-state index contributed by atoms with van der Waals surface area (Å²) in [4.78, 5) is 0. The zero-order chi connectivity index (χ0) is 14.1. The molecule has 3 aromatic rings. The van der Waals surface area contributed by atoms with Gasteiger partial charge in [0, 0.05) is 16.8 Å². The minimum absolute atomic E-state index is 0.117. The molecule has 0 bridgehead atoms. The van der Waals surface area contributed by atoms with Crippen molar-refractivity contribution in [2.75, 3.05) is 0 Å². The van der Waals surface area contributed by atoms with Gasteiger partial charge in [-0.15, -0.1) is 0 Å². The average molecular weight is 291 g/mol. The molecule has 2 aromatic carbocycles. The first-order valence-electron chi connectivity index (χ1n) is 6.24. The van der Waals surface area contributed by atoms with Gasteiger partial charge < -0.3 is 9.52 Å². The maximum atomic E-state index is 13.6. The Balaban J connectivity index is 1.88. The topological polar surface area (TPSA) is 33.4 Å². The number of rotatable bonds is 3. The molecule has 0 spiro atoms. The number of para-hydroxylation sites is 1. The number of benzene rings is 2. The van der Waals surface area contributed by atoms with Crippen LogP contribution in [0.5, 0.6) is 0 Å². The molecule has 1 heterocycles. The van der Waals surface area contributed by atoms with Crippen molar-refractivity contribution in [3.05, 3.63) is 70.7 Å². The predicted octanol–water partition coefficient (Wildman–Crippen LogP) is 4.50. The van der Waals surface area contributed by atoms with Crippen molar-refractivity contribution in [3.63, 3.8) is 0 Å². The fourth-order valence-corrected chi connectivity index (χ4v) is 2.37. The Morgan fingerprint density at radius 2 is 1.95 bits per heavy atom. The number of hydrogen-bond donors (Lipinski definition) is 1. The van der Waals surface area contributed by atoms with E-state index in [0.29, 0.717) is 21.9 Å². The third-order valence-electron chi connectivity index (χ3n) is 3.19. The average Bonchev–Trinajstić information content (AvgIpc) is 2.87. The van der Waals surface area contributed by atoms with E-state index in [4.69, 9.17) is 16.0 Å². The SMILES string of the molecule is OC(Cc1cc(Cl)ccc1F)c1cc2ccccc2o1. The number of halogens is 2. The van der Waals surface area contributed by atoms with Crippen LogP contribution in [0.15, 0.2) is 52.9 Å². The Hall–Kier alpha value is -1.84. The lowest BCUT2D eigenvalue weighted by molar-refractivity contribution is 0.151. The molecule has 1 unspecified atom stereocenters. The summed E-state index contributed by atoms with van der Waals surface area (Å²) in [6.45, 7) is 0. The molecule has 3 rings (SSSR count). The van der Waals surface area contributed by atoms with E-state index in [1.807, 2.05) is 24.3 Å². The molecule has 0 saturated heterocycles. The fraction of sp³-hybridized carbons (Fsp3) is 0.125. The molecule has 1 atom stereocenters. The standard InChI is InChI=1S/C16H12ClFO2/c17-12-5-6-13(18)11(7-12)8-14(19)16-9-10-3-1-2-4-15(10)20-16/h1-7,9,14,19H,8H2. The van der Waals surface area contributed by atoms with E-state index in [1.165, 1.54) is 18.2 Å². The van der Waals surface area contributed by atoms with E-state index in [2.05, 4.69) is 0 Å². The molecule has 0 radical (unpaired) electrons. The minimum atomic E-state index is -0.907. The fourth-order valence-electron chi connectivity index (χ4n) is 2.18. The maximum Gasteiger partial charge on any atom is 0.134 e. The van der Waals surface area contributed by atoms with Crippen molar-refractivity contribution < 1.29 is 13.9 Å². The quantitative estimate of drug-likeness (QED) is 0.770. The van der Waals surface area contributed by atoms with Gasteiger partial charge in [0.25, 0.3) is 0 Å². The number of fused-ring (bicyclic) bond motifs is 1. The van der Waals surface area contributed by atoms with Crippen LogP contribution in [0.25, 0.3) is 11.0 Å². The van der Waals surface area contributed by atoms with Crippen LogP contribution in [0.4, 0.5) is 4.39 Å². The van der Waals surface area contributed by atoms with Gasteiger partial charge in [-0.25, -0.2) is 4.39 Å². The lowest BCUT2D eigenvalue weighted by Crippen LogP contribution is -2.02. The van der Waals surface area contributed by atoms with Gasteiger partial charge in [-0.2, -0.15) is 0 Å². The number of hydrogen-bond acceptors (Lipinski definition) is 2. The number of aliphatic hydroxyl groups excluding tert-OH is 1. The lowest BCUT2D eigenvalue weighted by atomic mass is 10.1. The summed E-state index contributed by atoms with van der Waals surface area (Å²) >= 11 is 5.84. The summed E-state index contributed by atoms with van der Waals surface area (Å²) in [5, 5.41) is 11.5. The zero-order valence-electron chi connectivity index (χ0n) is 10.5. The van der Waals surface area contributed by atoms with Gasteiger partial charge in [-0.3, -0.25) is 0 Å². The second-order valence-corrected chi connectivity index (χ2v) is 5.08. The Labute approximate surface area is 120 Å². The van der Waals surface area contributed by atoms with E-state index in [1.54, 1.807) is 6.07 Å². The molecular weight excluding hydrogens is 279 g/mol. The molecule has 1 N–H and O–H groups in total. The molecule has 0 saturated carbocycles. The van der Waals surface area contributed by atoms with Gasteiger partial charge in [0.15, 0.2) is 0 Å². The van der Waals surface area contributed by atoms with Gasteiger partial charge in [-0.05, 0) is 35.9 Å². The van der Waals surface area contributed by atoms with Crippen molar-refractivity contribution in [2.45, 2.75) is 12.5 Å². The molecule has 0 fully saturated rings. The highest BCUT2D eigenvalue weighted by Gasteiger charge is 2.16. The lowest BCUT2D eigenvalue weighted by Gasteiger charge is -2.09. The Morgan fingerprint density at radius 1 is 1.15 bits per heavy atom. The van der Waals surface area contributed by atoms with Crippen LogP contribution in [0.1, 0.15) is 17.4 Å². The first-order chi connectivity index (χ1) is 9.63. The van der Waals surface area contributed by atoms with Gasteiger partial charge in [0.05, 0.1) is 0 Å². The molecule has 0 amide bonds. The van der Waals surface area contributed by atoms with Gasteiger partial charge in [0.1, 0.15) is 23.3 Å². The molecule has 4 heteroatoms. The third-order valence-corrected chi connectivity index (χ3v) is 3.43. The van der Waals surface area contributed by atoms with Crippen LogP contribution < -0.4 is 0 Å². The summed E-state index contributed by atoms with van der Waals surface area (Å²) in [6.07, 6.45) is -0.790. The van der Waals surface area contributed by atoms with E-state index >= 15 is 0 Å². The summed E-state index contributed by atoms with van der Waals surface area (Å²) in [7, 11) is 0. The van der Waals surface area contributed by atoms with Gasteiger partial charge >= 0.3 is 0 Å². The first-order valence-corrected chi connectivity index (χ1v) is 6.62. The number of furan rings is 1. The summed E-state index contributed by atoms with van der Waals surface area (Å²) in [5.41, 5.74) is 1.07. The molecular formula is C16H12ClFO2. The van der Waals surface area contributed by atoms with Crippen molar-refractivity contribution in [1.82, 2.24) is 0 Å². The van der Waals surface area contributed by atoms with E-state index in [9.17, 15) is 9.50 Å². The molecule has 1 aromatic heterocycles. The smallest absolute Gasteiger partial charge is 0.134 e. The van der Waals surface area contributed by atoms with Gasteiger partial charge in [0.2, 0.25) is 0 Å². The van der Waals surface area contributed by atoms with Crippen LogP contribution in [0.2, 0.25) is 5.02 Å². The Morgan fingerprint density at radius 3 is 2.75 bits per heavy atom. The van der Waals surface area contributed by atoms with Crippen molar-refractivity contribution in [2.24, 2.45) is 0 Å². The minimum Gasteiger partial charge on any atom is -0.458 e. The first kappa shape index (κ1) is 13.2. The molecule has 0 aliphatic rings. The highest BCUT2D eigenvalue weighted by atomic mass is 35.5. The predicted molar refractivity (Wildman–Crippen MR) is 76.3 cm³/mol. The highest BCUT2D eigenvalue weighted by molar-refractivity contribution is 6.30. The highest BCUT2D eigenvalue weighted by Crippen LogP contribution is 2.27. The van der Waals surface area contributed by atoms with E-state index < -0.39 is 6.10 Å². The molecule has 0 aliphatic heterocycles. The zero-order valence-corrected chi connectivity index (χ0v) is 11.3. The van der Waals surface area contributed by atoms with E-state index in [-0.39, 0.29) is 12.2 Å². The van der Waals surface area contributed by atoms with Crippen LogP contribution >= 0.6 is 11.6 Å². The van der Waals surface area contributed by atoms with Crippen molar-refractivity contribution >= 4 is 22.6 Å². The van der Waals surface area contributed by atoms with Crippen LogP contribution in [-0.2, 0) is 6.42 Å². The van der Waals surface area contributed by atoms with E-state index in [0.717, 1.165) is 5.39 Å². The second kappa shape index (κ2) is 5.27. The summed E-state index contributed by atoms with van der Waals surface area (Å²) in [6, 6.07) is 13.5. The molecule has 0 aliphatic carbocycles. The summed E-state index contributed by atoms with van der Waals surface area (Å²) in [5.74, 6) is 0.0372.